The van der Waals surface area contributed by atoms with E-state index in [-0.39, 0.29) is 0 Å². The molecule has 0 bridgehead atoms. The van der Waals surface area contributed by atoms with Crippen molar-refractivity contribution in [2.24, 2.45) is 0 Å². The molecule has 11 rings (SSSR count). The maximum absolute atomic E-state index is 5.22. The molecule has 0 N–H and O–H groups in total. The van der Waals surface area contributed by atoms with Crippen molar-refractivity contribution in [2.75, 3.05) is 0 Å². The van der Waals surface area contributed by atoms with Gasteiger partial charge in [0.1, 0.15) is 0 Å². The van der Waals surface area contributed by atoms with E-state index < -0.39 is 0 Å². The van der Waals surface area contributed by atoms with Crippen molar-refractivity contribution >= 4 is 64.1 Å². The Bertz CT molecular complexity index is 3150. The summed E-state index contributed by atoms with van der Waals surface area (Å²) in [4.78, 5) is 15.5. The summed E-state index contributed by atoms with van der Waals surface area (Å²) in [6.45, 7) is 0. The highest BCUT2D eigenvalue weighted by Crippen LogP contribution is 2.43. The molecule has 252 valence electrons. The van der Waals surface area contributed by atoms with Gasteiger partial charge in [0.15, 0.2) is 17.5 Å². The second-order valence-electron chi connectivity index (χ2n) is 13.6. The van der Waals surface area contributed by atoms with E-state index in [1.54, 1.807) is 11.3 Å². The van der Waals surface area contributed by atoms with Gasteiger partial charge in [-0.2, -0.15) is 0 Å². The summed E-state index contributed by atoms with van der Waals surface area (Å²) in [5.74, 6) is 1.95. The van der Waals surface area contributed by atoms with Gasteiger partial charge < -0.3 is 4.57 Å². The molecular formula is C49H30N4S. The molecule has 0 fully saturated rings. The number of benzene rings is 8. The SMILES string of the molecule is c1ccc(-c2nc(-c3ccccc3)nc(-c3cc(-n4c5ccccc5c5ccc(-c6cccc7ccccc67)cc54)cc4c3sc3ccccc34)n2)cc1. The van der Waals surface area contributed by atoms with Gasteiger partial charge in [-0.3, -0.25) is 0 Å². The van der Waals surface area contributed by atoms with Crippen LogP contribution < -0.4 is 0 Å². The number of thiophene rings is 1. The maximum Gasteiger partial charge on any atom is 0.165 e. The fourth-order valence-corrected chi connectivity index (χ4v) is 9.12. The second-order valence-corrected chi connectivity index (χ2v) is 14.7. The van der Waals surface area contributed by atoms with Crippen molar-refractivity contribution in [2.45, 2.75) is 0 Å². The van der Waals surface area contributed by atoms with Crippen LogP contribution in [0.15, 0.2) is 182 Å². The van der Waals surface area contributed by atoms with Crippen molar-refractivity contribution in [3.05, 3.63) is 182 Å². The Kier molecular flexibility index (Phi) is 7.00. The number of rotatable bonds is 5. The molecule has 0 saturated heterocycles. The predicted octanol–water partition coefficient (Wildman–Crippen LogP) is 13.2. The topological polar surface area (TPSA) is 43.6 Å². The fraction of sp³-hybridized carbons (Fsp3) is 0. The summed E-state index contributed by atoms with van der Waals surface area (Å²) < 4.78 is 4.81. The molecule has 0 radical (unpaired) electrons. The lowest BCUT2D eigenvalue weighted by atomic mass is 9.97. The molecule has 0 aliphatic carbocycles. The lowest BCUT2D eigenvalue weighted by molar-refractivity contribution is 1.07. The Morgan fingerprint density at radius 2 is 0.981 bits per heavy atom. The minimum Gasteiger partial charge on any atom is -0.309 e. The van der Waals surface area contributed by atoms with E-state index in [2.05, 4.69) is 150 Å². The summed E-state index contributed by atoms with van der Waals surface area (Å²) in [6, 6.07) is 64.5. The molecule has 0 aliphatic heterocycles. The van der Waals surface area contributed by atoms with Crippen LogP contribution in [0.2, 0.25) is 0 Å². The average molecular weight is 707 g/mol. The highest BCUT2D eigenvalue weighted by Gasteiger charge is 2.21. The first-order chi connectivity index (χ1) is 26.8. The van der Waals surface area contributed by atoms with Crippen molar-refractivity contribution < 1.29 is 0 Å². The van der Waals surface area contributed by atoms with E-state index >= 15 is 0 Å². The Morgan fingerprint density at radius 3 is 1.76 bits per heavy atom. The lowest BCUT2D eigenvalue weighted by Gasteiger charge is -2.14. The largest absolute Gasteiger partial charge is 0.309 e. The van der Waals surface area contributed by atoms with Gasteiger partial charge in [0.05, 0.1) is 11.0 Å². The fourth-order valence-electron chi connectivity index (χ4n) is 7.93. The molecule has 0 unspecified atom stereocenters. The third-order valence-electron chi connectivity index (χ3n) is 10.4. The molecule has 4 nitrogen and oxygen atoms in total. The van der Waals surface area contributed by atoms with Crippen LogP contribution in [-0.2, 0) is 0 Å². The van der Waals surface area contributed by atoms with Gasteiger partial charge >= 0.3 is 0 Å². The van der Waals surface area contributed by atoms with Crippen molar-refractivity contribution in [3.8, 4) is 51.0 Å². The smallest absolute Gasteiger partial charge is 0.165 e. The Morgan fingerprint density at radius 1 is 0.370 bits per heavy atom. The van der Waals surface area contributed by atoms with E-state index in [1.165, 1.54) is 48.1 Å². The first-order valence-electron chi connectivity index (χ1n) is 18.1. The van der Waals surface area contributed by atoms with E-state index in [1.807, 2.05) is 36.4 Å². The summed E-state index contributed by atoms with van der Waals surface area (Å²) in [5, 5.41) is 7.31. The van der Waals surface area contributed by atoms with E-state index in [0.717, 1.165) is 38.1 Å². The molecule has 0 amide bonds. The van der Waals surface area contributed by atoms with Gasteiger partial charge in [-0.05, 0) is 52.2 Å². The molecule has 54 heavy (non-hydrogen) atoms. The molecule has 0 saturated carbocycles. The third kappa shape index (κ3) is 4.94. The highest BCUT2D eigenvalue weighted by molar-refractivity contribution is 7.26. The molecule has 8 aromatic carbocycles. The van der Waals surface area contributed by atoms with E-state index in [9.17, 15) is 0 Å². The zero-order valence-corrected chi connectivity index (χ0v) is 29.8. The molecule has 0 atom stereocenters. The van der Waals surface area contributed by atoms with Gasteiger partial charge in [-0.25, -0.2) is 15.0 Å². The molecule has 3 heterocycles. The van der Waals surface area contributed by atoms with Crippen molar-refractivity contribution in [1.82, 2.24) is 19.5 Å². The summed E-state index contributed by atoms with van der Waals surface area (Å²) in [5.41, 5.74) is 8.65. The lowest BCUT2D eigenvalue weighted by Crippen LogP contribution is -2.01. The normalized spacial score (nSPS) is 11.7. The van der Waals surface area contributed by atoms with Crippen LogP contribution in [0.3, 0.4) is 0 Å². The first-order valence-corrected chi connectivity index (χ1v) is 18.9. The summed E-state index contributed by atoms with van der Waals surface area (Å²) in [7, 11) is 0. The van der Waals surface area contributed by atoms with Crippen LogP contribution in [0.4, 0.5) is 0 Å². The number of fused-ring (bicyclic) bond motifs is 7. The Labute approximate surface area is 315 Å². The van der Waals surface area contributed by atoms with Gasteiger partial charge in [0.2, 0.25) is 0 Å². The predicted molar refractivity (Wildman–Crippen MR) is 226 cm³/mol. The van der Waals surface area contributed by atoms with Crippen LogP contribution >= 0.6 is 11.3 Å². The standard InChI is InChI=1S/C49H30N4S/c1-3-15-32(16-4-1)47-50-48(33-17-5-2-6-18-33)52-49(51-47)42-30-35(29-41-40-22-10-12-25-45(40)54-46(41)42)53-43-24-11-9-21-38(43)39-27-26-34(28-44(39)53)37-23-13-19-31-14-7-8-20-36(31)37/h1-30H. The van der Waals surface area contributed by atoms with Crippen molar-refractivity contribution in [3.63, 3.8) is 0 Å². The number of aromatic nitrogens is 4. The monoisotopic (exact) mass is 706 g/mol. The zero-order valence-electron chi connectivity index (χ0n) is 29.0. The van der Waals surface area contributed by atoms with Crippen LogP contribution in [0.1, 0.15) is 0 Å². The number of hydrogen-bond acceptors (Lipinski definition) is 4. The van der Waals surface area contributed by atoms with Crippen molar-refractivity contribution in [1.29, 1.82) is 0 Å². The van der Waals surface area contributed by atoms with E-state index in [4.69, 9.17) is 15.0 Å². The van der Waals surface area contributed by atoms with Crippen LogP contribution in [0.5, 0.6) is 0 Å². The molecular weight excluding hydrogens is 677 g/mol. The van der Waals surface area contributed by atoms with Crippen LogP contribution in [-0.4, -0.2) is 19.5 Å². The molecule has 0 aliphatic rings. The van der Waals surface area contributed by atoms with Gasteiger partial charge in [0.25, 0.3) is 0 Å². The molecule has 5 heteroatoms. The van der Waals surface area contributed by atoms with Gasteiger partial charge in [-0.1, -0.05) is 152 Å². The molecule has 0 spiro atoms. The van der Waals surface area contributed by atoms with Crippen LogP contribution in [0, 0.1) is 0 Å². The third-order valence-corrected chi connectivity index (χ3v) is 11.7. The quantitative estimate of drug-likeness (QED) is 0.179. The number of para-hydroxylation sites is 1. The summed E-state index contributed by atoms with van der Waals surface area (Å²) in [6.07, 6.45) is 0. The average Bonchev–Trinajstić information content (AvgIpc) is 3.79. The molecule has 11 aromatic rings. The Balaban J connectivity index is 1.22. The molecule has 3 aromatic heterocycles. The summed E-state index contributed by atoms with van der Waals surface area (Å²) >= 11 is 1.79. The maximum atomic E-state index is 5.22. The first kappa shape index (κ1) is 30.7. The Hall–Kier alpha value is -6.95. The second kappa shape index (κ2) is 12.3. The van der Waals surface area contributed by atoms with E-state index in [0.29, 0.717) is 17.5 Å². The van der Waals surface area contributed by atoms with Gasteiger partial charge in [0, 0.05) is 53.3 Å². The number of hydrogen-bond donors (Lipinski definition) is 0. The number of nitrogens with zero attached hydrogens (tertiary/aromatic N) is 4. The minimum atomic E-state index is 0.649. The van der Waals surface area contributed by atoms with Crippen LogP contribution in [0.25, 0.3) is 104 Å². The highest BCUT2D eigenvalue weighted by atomic mass is 32.1. The van der Waals surface area contributed by atoms with Gasteiger partial charge in [-0.15, -0.1) is 11.3 Å². The zero-order chi connectivity index (χ0) is 35.6. The minimum absolute atomic E-state index is 0.649.